The van der Waals surface area contributed by atoms with E-state index in [1.165, 1.54) is 87.7 Å². The summed E-state index contributed by atoms with van der Waals surface area (Å²) in [5.74, 6) is 0. The summed E-state index contributed by atoms with van der Waals surface area (Å²) >= 11 is 0. The Hall–Kier alpha value is -7.62. The van der Waals surface area contributed by atoms with E-state index in [1.54, 1.807) is 0 Å². The van der Waals surface area contributed by atoms with Crippen molar-refractivity contribution in [3.63, 3.8) is 0 Å². The van der Waals surface area contributed by atoms with Crippen molar-refractivity contribution in [1.82, 2.24) is 13.7 Å². The molecule has 12 rings (SSSR count). The third kappa shape index (κ3) is 4.86. The van der Waals surface area contributed by atoms with Gasteiger partial charge in [0.1, 0.15) is 0 Å². The van der Waals surface area contributed by atoms with Crippen molar-refractivity contribution in [3.05, 3.63) is 212 Å². The first-order valence-electron chi connectivity index (χ1n) is 19.6. The summed E-state index contributed by atoms with van der Waals surface area (Å²) in [6, 6.07) is 77.5. The second-order valence-electron chi connectivity index (χ2n) is 15.0. The van der Waals surface area contributed by atoms with Crippen molar-refractivity contribution < 1.29 is 0 Å². The lowest BCUT2D eigenvalue weighted by Gasteiger charge is -2.11. The van der Waals surface area contributed by atoms with Crippen LogP contribution in [0.15, 0.2) is 212 Å². The molecule has 0 aliphatic carbocycles. The van der Waals surface area contributed by atoms with E-state index in [0.29, 0.717) is 0 Å². The minimum atomic E-state index is 1.14. The molecule has 0 atom stereocenters. The third-order valence-corrected chi connectivity index (χ3v) is 11.8. The van der Waals surface area contributed by atoms with Crippen LogP contribution in [0.5, 0.6) is 0 Å². The molecule has 0 fully saturated rings. The molecule has 0 spiro atoms. The van der Waals surface area contributed by atoms with Crippen molar-refractivity contribution in [3.8, 4) is 39.3 Å². The van der Waals surface area contributed by atoms with Gasteiger partial charge in [-0.2, -0.15) is 0 Å². The Morgan fingerprint density at radius 2 is 0.579 bits per heavy atom. The maximum atomic E-state index is 2.46. The average Bonchev–Trinajstić information content (AvgIpc) is 3.92. The lowest BCUT2D eigenvalue weighted by molar-refractivity contribution is 1.17. The lowest BCUT2D eigenvalue weighted by Crippen LogP contribution is -1.96. The molecule has 3 nitrogen and oxygen atoms in total. The molecule has 0 unspecified atom stereocenters. The second-order valence-corrected chi connectivity index (χ2v) is 15.0. The number of rotatable bonds is 5. The first kappa shape index (κ1) is 31.7. The summed E-state index contributed by atoms with van der Waals surface area (Å²) in [5.41, 5.74) is 15.5. The smallest absolute Gasteiger partial charge is 0.0547 e. The Morgan fingerprint density at radius 1 is 0.193 bits per heavy atom. The van der Waals surface area contributed by atoms with Gasteiger partial charge in [-0.15, -0.1) is 0 Å². The fourth-order valence-corrected chi connectivity index (χ4v) is 9.25. The van der Waals surface area contributed by atoms with Gasteiger partial charge < -0.3 is 13.7 Å². The average molecular weight is 726 g/mol. The number of nitrogens with zero attached hydrogens (tertiary/aromatic N) is 3. The fourth-order valence-electron chi connectivity index (χ4n) is 9.25. The normalized spacial score (nSPS) is 11.9. The number of fused-ring (bicyclic) bond motifs is 9. The monoisotopic (exact) mass is 725 g/mol. The second kappa shape index (κ2) is 12.5. The molecular formula is C54H35N3. The molecule has 9 aromatic carbocycles. The van der Waals surface area contributed by atoms with Crippen LogP contribution in [0.2, 0.25) is 0 Å². The number of para-hydroxylation sites is 4. The molecule has 266 valence electrons. The van der Waals surface area contributed by atoms with Crippen LogP contribution in [0.4, 0.5) is 0 Å². The number of benzene rings is 9. The first-order chi connectivity index (χ1) is 28.3. The van der Waals surface area contributed by atoms with Crippen LogP contribution >= 0.6 is 0 Å². The molecule has 0 aliphatic rings. The number of hydrogen-bond donors (Lipinski definition) is 0. The van der Waals surface area contributed by atoms with Crippen molar-refractivity contribution in [2.24, 2.45) is 0 Å². The van der Waals surface area contributed by atoms with Gasteiger partial charge in [-0.3, -0.25) is 0 Å². The molecule has 0 saturated carbocycles. The van der Waals surface area contributed by atoms with Gasteiger partial charge in [-0.05, 0) is 101 Å². The molecule has 57 heavy (non-hydrogen) atoms. The molecule has 0 N–H and O–H groups in total. The predicted molar refractivity (Wildman–Crippen MR) is 240 cm³/mol. The van der Waals surface area contributed by atoms with Crippen molar-refractivity contribution in [2.75, 3.05) is 0 Å². The zero-order valence-electron chi connectivity index (χ0n) is 31.0. The maximum Gasteiger partial charge on any atom is 0.0547 e. The Morgan fingerprint density at radius 3 is 1.16 bits per heavy atom. The summed E-state index contributed by atoms with van der Waals surface area (Å²) in [7, 11) is 0. The lowest BCUT2D eigenvalue weighted by atomic mass is 10.0. The van der Waals surface area contributed by atoms with Gasteiger partial charge in [0.05, 0.1) is 33.1 Å². The van der Waals surface area contributed by atoms with Crippen LogP contribution in [0.3, 0.4) is 0 Å². The standard InChI is InChI=1S/C54H35N3/c1-4-14-36(15-5-1)37-26-30-51-47(32-37)48-35-42(27-31-52(48)55(51)40-16-6-2-7-17-40)57-50-23-13-11-21-44(50)46-29-25-39(34-54(46)57)38-24-28-45-43-20-10-12-22-49(43)56(53(45)33-38)41-18-8-3-9-19-41/h1-35H. The largest absolute Gasteiger partial charge is 0.309 e. The van der Waals surface area contributed by atoms with Crippen LogP contribution in [-0.4, -0.2) is 13.7 Å². The van der Waals surface area contributed by atoms with Gasteiger partial charge in [-0.25, -0.2) is 0 Å². The van der Waals surface area contributed by atoms with E-state index in [-0.39, 0.29) is 0 Å². The zero-order chi connectivity index (χ0) is 37.5. The van der Waals surface area contributed by atoms with Gasteiger partial charge in [0.25, 0.3) is 0 Å². The molecular weight excluding hydrogens is 691 g/mol. The Balaban J connectivity index is 1.09. The van der Waals surface area contributed by atoms with Crippen LogP contribution in [0, 0.1) is 0 Å². The van der Waals surface area contributed by atoms with Crippen molar-refractivity contribution >= 4 is 65.4 Å². The Bertz CT molecular complexity index is 3500. The van der Waals surface area contributed by atoms with E-state index in [2.05, 4.69) is 226 Å². The first-order valence-corrected chi connectivity index (χ1v) is 19.6. The topological polar surface area (TPSA) is 14.8 Å². The van der Waals surface area contributed by atoms with Gasteiger partial charge in [0.15, 0.2) is 0 Å². The molecule has 0 aliphatic heterocycles. The van der Waals surface area contributed by atoms with Crippen LogP contribution in [-0.2, 0) is 0 Å². The summed E-state index contributed by atoms with van der Waals surface area (Å²) in [6.45, 7) is 0. The highest BCUT2D eigenvalue weighted by Gasteiger charge is 2.19. The Kier molecular flexibility index (Phi) is 6.93. The van der Waals surface area contributed by atoms with Crippen molar-refractivity contribution in [1.29, 1.82) is 0 Å². The minimum Gasteiger partial charge on any atom is -0.309 e. The number of aromatic nitrogens is 3. The van der Waals surface area contributed by atoms with Crippen LogP contribution in [0.1, 0.15) is 0 Å². The maximum absolute atomic E-state index is 2.46. The highest BCUT2D eigenvalue weighted by atomic mass is 15.0. The van der Waals surface area contributed by atoms with Crippen molar-refractivity contribution in [2.45, 2.75) is 0 Å². The molecule has 0 amide bonds. The predicted octanol–water partition coefficient (Wildman–Crippen LogP) is 14.3. The van der Waals surface area contributed by atoms with E-state index in [9.17, 15) is 0 Å². The summed E-state index contributed by atoms with van der Waals surface area (Å²) in [4.78, 5) is 0. The van der Waals surface area contributed by atoms with Gasteiger partial charge in [0.2, 0.25) is 0 Å². The van der Waals surface area contributed by atoms with Gasteiger partial charge in [-0.1, -0.05) is 133 Å². The van der Waals surface area contributed by atoms with Crippen LogP contribution in [0.25, 0.3) is 105 Å². The molecule has 12 aromatic rings. The SMILES string of the molecule is c1ccc(-c2ccc3c(c2)c2cc(-n4c5ccccc5c5ccc(-c6ccc7c8ccccc8n(-c8ccccc8)c7c6)cc54)ccc2n3-c2ccccc2)cc1. The molecule has 0 radical (unpaired) electrons. The summed E-state index contributed by atoms with van der Waals surface area (Å²) in [6.07, 6.45) is 0. The van der Waals surface area contributed by atoms with E-state index in [0.717, 1.165) is 17.1 Å². The number of hydrogen-bond acceptors (Lipinski definition) is 0. The molecule has 3 heterocycles. The quantitative estimate of drug-likeness (QED) is 0.168. The van der Waals surface area contributed by atoms with Crippen LogP contribution < -0.4 is 0 Å². The van der Waals surface area contributed by atoms with E-state index in [4.69, 9.17) is 0 Å². The molecule has 3 heteroatoms. The van der Waals surface area contributed by atoms with Gasteiger partial charge >= 0.3 is 0 Å². The highest BCUT2D eigenvalue weighted by Crippen LogP contribution is 2.40. The minimum absolute atomic E-state index is 1.14. The highest BCUT2D eigenvalue weighted by molar-refractivity contribution is 6.14. The van der Waals surface area contributed by atoms with E-state index < -0.39 is 0 Å². The third-order valence-electron chi connectivity index (χ3n) is 11.8. The van der Waals surface area contributed by atoms with E-state index >= 15 is 0 Å². The molecule has 0 bridgehead atoms. The molecule has 0 saturated heterocycles. The Labute approximate surface area is 329 Å². The van der Waals surface area contributed by atoms with Gasteiger partial charge in [0, 0.05) is 49.4 Å². The summed E-state index contributed by atoms with van der Waals surface area (Å²) < 4.78 is 7.26. The van der Waals surface area contributed by atoms with E-state index in [1.807, 2.05) is 0 Å². The summed E-state index contributed by atoms with van der Waals surface area (Å²) in [5, 5.41) is 7.47. The fraction of sp³-hybridized carbons (Fsp3) is 0. The zero-order valence-corrected chi connectivity index (χ0v) is 31.0. The molecule has 3 aromatic heterocycles.